The number of aliphatic hydroxyl groups is 1. The Morgan fingerprint density at radius 1 is 0.611 bits per heavy atom. The molecule has 1 aliphatic heterocycles. The van der Waals surface area contributed by atoms with Crippen molar-refractivity contribution in [3.8, 4) is 0 Å². The molecular weight excluding hydrogens is 472 g/mol. The fourth-order valence-corrected chi connectivity index (χ4v) is 2.66. The summed E-state index contributed by atoms with van der Waals surface area (Å²) in [5, 5.41) is 11.1. The average Bonchev–Trinajstić information content (AvgIpc) is 2.67. The number of hydrogen-bond acceptors (Lipinski definition) is 10. The summed E-state index contributed by atoms with van der Waals surface area (Å²) in [5.41, 5.74) is -3.65. The third-order valence-corrected chi connectivity index (χ3v) is 5.15. The maximum atomic E-state index is 12.8. The van der Waals surface area contributed by atoms with Crippen LogP contribution in [0.1, 0.15) is 83.1 Å². The number of carbonyl (C=O) groups is 4. The predicted octanol–water partition coefficient (Wildman–Crippen LogP) is 3.17. The Labute approximate surface area is 214 Å². The van der Waals surface area contributed by atoms with Crippen LogP contribution in [0, 0.1) is 21.7 Å². The van der Waals surface area contributed by atoms with Crippen molar-refractivity contribution in [3.63, 3.8) is 0 Å². The summed E-state index contributed by atoms with van der Waals surface area (Å²) in [7, 11) is 0. The van der Waals surface area contributed by atoms with Gasteiger partial charge in [0.15, 0.2) is 18.3 Å². The summed E-state index contributed by atoms with van der Waals surface area (Å²) in [4.78, 5) is 50.6. The van der Waals surface area contributed by atoms with Gasteiger partial charge in [-0.25, -0.2) is 0 Å². The molecule has 0 amide bonds. The van der Waals surface area contributed by atoms with Crippen LogP contribution in [0.5, 0.6) is 0 Å². The smallest absolute Gasteiger partial charge is 0.313 e. The zero-order valence-corrected chi connectivity index (χ0v) is 23.7. The second-order valence-electron chi connectivity index (χ2n) is 13.3. The Morgan fingerprint density at radius 2 is 0.972 bits per heavy atom. The lowest BCUT2D eigenvalue weighted by molar-refractivity contribution is -0.302. The molecule has 1 aliphatic rings. The second-order valence-corrected chi connectivity index (χ2v) is 13.3. The first-order valence-corrected chi connectivity index (χ1v) is 12.1. The molecule has 0 aromatic carbocycles. The first kappa shape index (κ1) is 31.8. The van der Waals surface area contributed by atoms with Gasteiger partial charge >= 0.3 is 23.9 Å². The normalized spacial score (nSPS) is 25.5. The Hall–Kier alpha value is -2.20. The van der Waals surface area contributed by atoms with Gasteiger partial charge in [-0.2, -0.15) is 0 Å². The van der Waals surface area contributed by atoms with Crippen LogP contribution in [0.2, 0.25) is 0 Å². The van der Waals surface area contributed by atoms with Crippen molar-refractivity contribution in [1.82, 2.24) is 0 Å². The van der Waals surface area contributed by atoms with Crippen LogP contribution < -0.4 is 0 Å². The summed E-state index contributed by atoms with van der Waals surface area (Å²) in [6.45, 7) is 19.2. The quantitative estimate of drug-likeness (QED) is 0.429. The molecule has 5 atom stereocenters. The average molecular weight is 517 g/mol. The number of ether oxygens (including phenoxy) is 5. The third kappa shape index (κ3) is 8.73. The van der Waals surface area contributed by atoms with Gasteiger partial charge in [0, 0.05) is 0 Å². The van der Waals surface area contributed by atoms with E-state index < -0.39 is 82.8 Å². The minimum Gasteiger partial charge on any atom is -0.462 e. The molecule has 1 heterocycles. The van der Waals surface area contributed by atoms with Gasteiger partial charge in [0.1, 0.15) is 12.7 Å². The molecule has 10 heteroatoms. The highest BCUT2D eigenvalue weighted by Crippen LogP contribution is 2.32. The number of esters is 4. The molecule has 1 fully saturated rings. The summed E-state index contributed by atoms with van der Waals surface area (Å²) in [6.07, 6.45) is -7.28. The van der Waals surface area contributed by atoms with E-state index in [1.807, 2.05) is 0 Å². The molecule has 1 rings (SSSR count). The van der Waals surface area contributed by atoms with E-state index in [0.29, 0.717) is 0 Å². The molecule has 0 spiro atoms. The molecule has 1 N–H and O–H groups in total. The fraction of sp³-hybridized carbons (Fsp3) is 0.846. The van der Waals surface area contributed by atoms with Gasteiger partial charge < -0.3 is 28.8 Å². The molecule has 36 heavy (non-hydrogen) atoms. The van der Waals surface area contributed by atoms with Crippen molar-refractivity contribution >= 4 is 23.9 Å². The molecule has 0 aromatic rings. The van der Waals surface area contributed by atoms with Gasteiger partial charge in [-0.3, -0.25) is 19.2 Å². The van der Waals surface area contributed by atoms with E-state index in [2.05, 4.69) is 0 Å². The number of hydrogen-bond donors (Lipinski definition) is 1. The van der Waals surface area contributed by atoms with Crippen molar-refractivity contribution in [2.45, 2.75) is 114 Å². The SMILES string of the molecule is CC(C)(C)C(=O)OC[C@H]1O[C@@H](OC(=O)C(C)(C)C)[C@H](O)[C@@H](OC(=O)C(C)(C)C)[C@@H]1OC(=O)C(C)(C)C. The topological polar surface area (TPSA) is 135 Å². The van der Waals surface area contributed by atoms with E-state index in [1.54, 1.807) is 83.1 Å². The van der Waals surface area contributed by atoms with Gasteiger partial charge in [0.2, 0.25) is 6.29 Å². The third-order valence-electron chi connectivity index (χ3n) is 5.15. The maximum Gasteiger partial charge on any atom is 0.313 e. The predicted molar refractivity (Wildman–Crippen MR) is 129 cm³/mol. The minimum atomic E-state index is -1.69. The molecule has 1 saturated heterocycles. The monoisotopic (exact) mass is 516 g/mol. The van der Waals surface area contributed by atoms with Gasteiger partial charge in [-0.15, -0.1) is 0 Å². The van der Waals surface area contributed by atoms with Gasteiger partial charge in [0.05, 0.1) is 21.7 Å². The molecule has 0 saturated carbocycles. The fourth-order valence-electron chi connectivity index (χ4n) is 2.66. The van der Waals surface area contributed by atoms with Crippen molar-refractivity contribution in [1.29, 1.82) is 0 Å². The van der Waals surface area contributed by atoms with Gasteiger partial charge in [0.25, 0.3) is 0 Å². The highest BCUT2D eigenvalue weighted by atomic mass is 16.7. The lowest BCUT2D eigenvalue weighted by atomic mass is 9.93. The van der Waals surface area contributed by atoms with Crippen LogP contribution in [-0.2, 0) is 42.9 Å². The van der Waals surface area contributed by atoms with E-state index >= 15 is 0 Å². The first-order chi connectivity index (χ1) is 16.0. The number of rotatable bonds is 5. The Morgan fingerprint density at radius 3 is 1.36 bits per heavy atom. The van der Waals surface area contributed by atoms with E-state index in [-0.39, 0.29) is 0 Å². The lowest BCUT2D eigenvalue weighted by Crippen LogP contribution is -2.63. The van der Waals surface area contributed by atoms with Crippen LogP contribution in [0.15, 0.2) is 0 Å². The van der Waals surface area contributed by atoms with Crippen LogP contribution >= 0.6 is 0 Å². The molecular formula is C26H44O10. The highest BCUT2D eigenvalue weighted by molar-refractivity contribution is 5.77. The van der Waals surface area contributed by atoms with Crippen molar-refractivity contribution in [2.24, 2.45) is 21.7 Å². The van der Waals surface area contributed by atoms with Crippen molar-refractivity contribution < 1.29 is 48.0 Å². The second kappa shape index (κ2) is 11.0. The summed E-state index contributed by atoms with van der Waals surface area (Å²) >= 11 is 0. The Bertz CT molecular complexity index is 792. The molecule has 0 aromatic heterocycles. The minimum absolute atomic E-state index is 0.405. The molecule has 0 aliphatic carbocycles. The van der Waals surface area contributed by atoms with Crippen LogP contribution in [-0.4, -0.2) is 66.3 Å². The molecule has 208 valence electrons. The number of carbonyl (C=O) groups excluding carboxylic acids is 4. The van der Waals surface area contributed by atoms with Crippen LogP contribution in [0.3, 0.4) is 0 Å². The molecule has 0 bridgehead atoms. The van der Waals surface area contributed by atoms with Crippen LogP contribution in [0.4, 0.5) is 0 Å². The Kier molecular flexibility index (Phi) is 9.77. The lowest BCUT2D eigenvalue weighted by Gasteiger charge is -2.44. The standard InChI is InChI=1S/C26H44O10/c1-23(2,3)19(28)32-13-14-16(34-20(29)24(4,5)6)17(35-21(30)25(7,8)9)15(27)18(33-14)36-22(31)26(10,11)12/h14-18,27H,13H2,1-12H3/t14-,15-,16-,17-,18+/m1/s1. The molecule has 0 unspecified atom stereocenters. The first-order valence-electron chi connectivity index (χ1n) is 12.1. The van der Waals surface area contributed by atoms with E-state index in [9.17, 15) is 24.3 Å². The number of aliphatic hydroxyl groups excluding tert-OH is 1. The maximum absolute atomic E-state index is 12.8. The van der Waals surface area contributed by atoms with E-state index in [1.165, 1.54) is 0 Å². The zero-order chi connectivity index (χ0) is 28.4. The van der Waals surface area contributed by atoms with Gasteiger partial charge in [-0.1, -0.05) is 0 Å². The highest BCUT2D eigenvalue weighted by Gasteiger charge is 2.53. The molecule has 10 nitrogen and oxygen atoms in total. The van der Waals surface area contributed by atoms with Crippen molar-refractivity contribution in [2.75, 3.05) is 6.61 Å². The molecule has 0 radical (unpaired) electrons. The van der Waals surface area contributed by atoms with Crippen LogP contribution in [0.25, 0.3) is 0 Å². The summed E-state index contributed by atoms with van der Waals surface area (Å²) in [5.74, 6) is -2.57. The van der Waals surface area contributed by atoms with Crippen molar-refractivity contribution in [3.05, 3.63) is 0 Å². The van der Waals surface area contributed by atoms with Gasteiger partial charge in [-0.05, 0) is 83.1 Å². The summed E-state index contributed by atoms with van der Waals surface area (Å²) in [6, 6.07) is 0. The van der Waals surface area contributed by atoms with E-state index in [4.69, 9.17) is 23.7 Å². The Balaban J connectivity index is 3.46. The summed E-state index contributed by atoms with van der Waals surface area (Å²) < 4.78 is 27.9. The zero-order valence-electron chi connectivity index (χ0n) is 23.7. The largest absolute Gasteiger partial charge is 0.462 e. The van der Waals surface area contributed by atoms with E-state index in [0.717, 1.165) is 0 Å².